The number of rotatable bonds is 4. The van der Waals surface area contributed by atoms with E-state index in [4.69, 9.17) is 14.5 Å². The molecule has 6 heteroatoms. The molecule has 0 N–H and O–H groups in total. The van der Waals surface area contributed by atoms with Gasteiger partial charge in [-0.05, 0) is 12.1 Å². The maximum Gasteiger partial charge on any atom is 0.264 e. The zero-order valence-corrected chi connectivity index (χ0v) is 19.3. The predicted molar refractivity (Wildman–Crippen MR) is 132 cm³/mol. The third-order valence-electron chi connectivity index (χ3n) is 5.75. The van der Waals surface area contributed by atoms with Gasteiger partial charge in [0.05, 0.1) is 25.6 Å². The fourth-order valence-corrected chi connectivity index (χ4v) is 5.12. The average Bonchev–Trinajstić information content (AvgIpc) is 3.15. The van der Waals surface area contributed by atoms with Crippen LogP contribution in [0.2, 0.25) is 0 Å². The summed E-state index contributed by atoms with van der Waals surface area (Å²) in [6.45, 7) is 0. The lowest BCUT2D eigenvalue weighted by Crippen LogP contribution is -2.31. The van der Waals surface area contributed by atoms with E-state index in [0.717, 1.165) is 33.4 Å². The highest BCUT2D eigenvalue weighted by Crippen LogP contribution is 2.42. The summed E-state index contributed by atoms with van der Waals surface area (Å²) in [6.07, 6.45) is 2.16. The summed E-state index contributed by atoms with van der Waals surface area (Å²) >= 11 is 1.76. The number of thiazole rings is 1. The molecule has 1 aromatic heterocycles. The Bertz CT molecular complexity index is 1370. The fraction of sp³-hybridized carbons (Fsp3) is 0.154. The van der Waals surface area contributed by atoms with Gasteiger partial charge in [-0.2, -0.15) is 4.57 Å². The zero-order valence-electron chi connectivity index (χ0n) is 18.5. The van der Waals surface area contributed by atoms with Gasteiger partial charge in [0.2, 0.25) is 5.52 Å². The van der Waals surface area contributed by atoms with Gasteiger partial charge in [-0.15, -0.1) is 0 Å². The molecule has 0 unspecified atom stereocenters. The van der Waals surface area contributed by atoms with Crippen molar-refractivity contribution < 1.29 is 14.0 Å². The number of fused-ring (bicyclic) bond motifs is 2. The van der Waals surface area contributed by atoms with Crippen molar-refractivity contribution >= 4 is 44.8 Å². The van der Waals surface area contributed by atoms with Crippen LogP contribution in [0.3, 0.4) is 0 Å². The smallest absolute Gasteiger partial charge is 0.264 e. The number of para-hydroxylation sites is 1. The lowest BCUT2D eigenvalue weighted by atomic mass is 10.0. The van der Waals surface area contributed by atoms with Gasteiger partial charge in [0.25, 0.3) is 5.01 Å². The number of anilines is 1. The summed E-state index contributed by atoms with van der Waals surface area (Å²) in [6, 6.07) is 22.7. The molecule has 0 radical (unpaired) electrons. The van der Waals surface area contributed by atoms with Crippen LogP contribution >= 0.6 is 11.3 Å². The van der Waals surface area contributed by atoms with Crippen LogP contribution in [0.4, 0.5) is 5.69 Å². The second-order valence-electron chi connectivity index (χ2n) is 7.58. The minimum absolute atomic E-state index is 0.685. The Balaban J connectivity index is 1.76. The number of hydrogen-bond donors (Lipinski definition) is 0. The van der Waals surface area contributed by atoms with E-state index >= 15 is 0 Å². The molecule has 1 aliphatic rings. The summed E-state index contributed by atoms with van der Waals surface area (Å²) in [5, 5.41) is 1.13. The van der Waals surface area contributed by atoms with Gasteiger partial charge in [0.15, 0.2) is 11.5 Å². The lowest BCUT2D eigenvalue weighted by molar-refractivity contribution is -0.642. The van der Waals surface area contributed by atoms with Crippen molar-refractivity contribution in [1.82, 2.24) is 0 Å². The maximum absolute atomic E-state index is 5.60. The molecule has 0 fully saturated rings. The Hall–Kier alpha value is -3.64. The maximum atomic E-state index is 5.60. The van der Waals surface area contributed by atoms with Gasteiger partial charge in [-0.25, -0.2) is 4.99 Å². The molecule has 2 heterocycles. The van der Waals surface area contributed by atoms with E-state index in [1.54, 1.807) is 25.6 Å². The standard InChI is InChI=1S/C26H24N3O2S/c1-28-20-12-8-9-13-24(20)32-25(28)15-19-18-14-22(30-3)23(31-4)16-21(18)29(2)26(27-19)17-10-6-5-7-11-17/h5-16H,1-4H3/q+1. The second-order valence-corrected chi connectivity index (χ2v) is 8.64. The van der Waals surface area contributed by atoms with Gasteiger partial charge in [-0.1, -0.05) is 53.8 Å². The van der Waals surface area contributed by atoms with Gasteiger partial charge in [-0.3, -0.25) is 0 Å². The van der Waals surface area contributed by atoms with E-state index in [1.807, 2.05) is 37.4 Å². The fourth-order valence-electron chi connectivity index (χ4n) is 4.03. The van der Waals surface area contributed by atoms with Crippen LogP contribution in [-0.4, -0.2) is 27.1 Å². The first kappa shape index (κ1) is 20.3. The van der Waals surface area contributed by atoms with Crippen LogP contribution in [0.15, 0.2) is 71.7 Å². The summed E-state index contributed by atoms with van der Waals surface area (Å²) in [4.78, 5) is 7.22. The molecule has 5 nitrogen and oxygen atoms in total. The van der Waals surface area contributed by atoms with Gasteiger partial charge >= 0.3 is 0 Å². The van der Waals surface area contributed by atoms with E-state index in [0.29, 0.717) is 11.5 Å². The molecule has 0 bridgehead atoms. The first-order chi connectivity index (χ1) is 15.6. The summed E-state index contributed by atoms with van der Waals surface area (Å²) < 4.78 is 14.6. The molecule has 0 spiro atoms. The molecule has 0 aliphatic carbocycles. The largest absolute Gasteiger partial charge is 0.493 e. The highest BCUT2D eigenvalue weighted by molar-refractivity contribution is 7.18. The van der Waals surface area contributed by atoms with Crippen LogP contribution in [0.25, 0.3) is 22.0 Å². The van der Waals surface area contributed by atoms with E-state index in [1.165, 1.54) is 10.2 Å². The summed E-state index contributed by atoms with van der Waals surface area (Å²) in [5.74, 6) is 2.27. The number of amidine groups is 1. The van der Waals surface area contributed by atoms with Crippen molar-refractivity contribution in [3.05, 3.63) is 82.9 Å². The number of aromatic nitrogens is 1. The highest BCUT2D eigenvalue weighted by Gasteiger charge is 2.27. The second kappa shape index (κ2) is 8.13. The van der Waals surface area contributed by atoms with Crippen LogP contribution in [0, 0.1) is 0 Å². The van der Waals surface area contributed by atoms with Crippen molar-refractivity contribution in [2.45, 2.75) is 0 Å². The molecule has 32 heavy (non-hydrogen) atoms. The molecule has 0 amide bonds. The molecular formula is C26H24N3O2S+. The predicted octanol–water partition coefficient (Wildman–Crippen LogP) is 5.14. The average molecular weight is 443 g/mol. The van der Waals surface area contributed by atoms with Crippen molar-refractivity contribution in [2.24, 2.45) is 12.0 Å². The van der Waals surface area contributed by atoms with Gasteiger partial charge in [0, 0.05) is 36.4 Å². The molecule has 0 saturated carbocycles. The number of hydrogen-bond acceptors (Lipinski definition) is 5. The molecule has 0 atom stereocenters. The van der Waals surface area contributed by atoms with Crippen molar-refractivity contribution in [2.75, 3.05) is 26.2 Å². The lowest BCUT2D eigenvalue weighted by Gasteiger charge is -2.30. The Morgan fingerprint density at radius 1 is 0.938 bits per heavy atom. The topological polar surface area (TPSA) is 37.9 Å². The normalized spacial score (nSPS) is 14.4. The molecule has 0 saturated heterocycles. The van der Waals surface area contributed by atoms with Crippen molar-refractivity contribution in [1.29, 1.82) is 0 Å². The molecule has 5 rings (SSSR count). The first-order valence-corrected chi connectivity index (χ1v) is 11.2. The Morgan fingerprint density at radius 3 is 2.34 bits per heavy atom. The SMILES string of the molecule is COc1cc2c(cc1OC)N(C)C(c1ccccc1)=N/C2=C\c1sc2ccccc2[n+]1C. The van der Waals surface area contributed by atoms with Gasteiger partial charge in [0.1, 0.15) is 17.6 Å². The van der Waals surface area contributed by atoms with E-state index in [9.17, 15) is 0 Å². The Morgan fingerprint density at radius 2 is 1.62 bits per heavy atom. The molecule has 1 aliphatic heterocycles. The minimum atomic E-state index is 0.685. The number of methoxy groups -OCH3 is 2. The zero-order chi connectivity index (χ0) is 22.2. The molecule has 3 aromatic carbocycles. The number of ether oxygens (including phenoxy) is 2. The molecular weight excluding hydrogens is 418 g/mol. The number of benzene rings is 3. The van der Waals surface area contributed by atoms with Crippen LogP contribution in [-0.2, 0) is 7.05 Å². The van der Waals surface area contributed by atoms with Crippen LogP contribution in [0.1, 0.15) is 16.1 Å². The van der Waals surface area contributed by atoms with Crippen LogP contribution < -0.4 is 18.9 Å². The quantitative estimate of drug-likeness (QED) is 0.411. The highest BCUT2D eigenvalue weighted by atomic mass is 32.1. The van der Waals surface area contributed by atoms with E-state index in [-0.39, 0.29) is 0 Å². The number of aliphatic imine (C=N–C) groups is 1. The number of aryl methyl sites for hydroxylation is 1. The van der Waals surface area contributed by atoms with Crippen LogP contribution in [0.5, 0.6) is 11.5 Å². The number of nitrogens with zero attached hydrogens (tertiary/aromatic N) is 3. The summed E-state index contributed by atoms with van der Waals surface area (Å²) in [5.41, 5.74) is 5.17. The Labute approximate surface area is 191 Å². The monoisotopic (exact) mass is 442 g/mol. The third kappa shape index (κ3) is 3.33. The van der Waals surface area contributed by atoms with E-state index in [2.05, 4.69) is 59.0 Å². The molecule has 4 aromatic rings. The van der Waals surface area contributed by atoms with Crippen molar-refractivity contribution in [3.8, 4) is 11.5 Å². The first-order valence-electron chi connectivity index (χ1n) is 10.3. The van der Waals surface area contributed by atoms with Crippen molar-refractivity contribution in [3.63, 3.8) is 0 Å². The van der Waals surface area contributed by atoms with E-state index < -0.39 is 0 Å². The van der Waals surface area contributed by atoms with Gasteiger partial charge < -0.3 is 14.4 Å². The summed E-state index contributed by atoms with van der Waals surface area (Å²) in [7, 11) is 7.45. The molecule has 160 valence electrons. The third-order valence-corrected chi connectivity index (χ3v) is 6.91. The minimum Gasteiger partial charge on any atom is -0.493 e. The Kier molecular flexibility index (Phi) is 5.15.